The van der Waals surface area contributed by atoms with Gasteiger partial charge in [-0.15, -0.1) is 0 Å². The first-order valence-corrected chi connectivity index (χ1v) is 20.4. The highest BCUT2D eigenvalue weighted by molar-refractivity contribution is 6.01. The third kappa shape index (κ3) is 5.62. The summed E-state index contributed by atoms with van der Waals surface area (Å²) >= 11 is 0. The van der Waals surface area contributed by atoms with Crippen LogP contribution in [0.3, 0.4) is 0 Å². The molecule has 2 bridgehead atoms. The van der Waals surface area contributed by atoms with Crippen LogP contribution in [0.15, 0.2) is 30.5 Å². The predicted molar refractivity (Wildman–Crippen MR) is 206 cm³/mol. The number of piperidine rings is 1. The normalized spacial score (nSPS) is 32.4. The molecule has 0 amide bonds. The third-order valence-corrected chi connectivity index (χ3v) is 14.1. The SMILES string of the molecule is CCc1c(F)ccc2cc(O)cc(-c3ncc4c(N5CCOCC(C)(O)C5)nc(OCC56CCCC5N(CC57CC(C)(C5)OC75COC5)CCC6)nc4c3F)c12. The van der Waals surface area contributed by atoms with E-state index in [0.717, 1.165) is 58.0 Å². The lowest BCUT2D eigenvalue weighted by atomic mass is 9.55. The van der Waals surface area contributed by atoms with Crippen LogP contribution in [0, 0.1) is 22.5 Å². The average molecular weight is 772 g/mol. The van der Waals surface area contributed by atoms with Gasteiger partial charge in [0.15, 0.2) is 5.82 Å². The van der Waals surface area contributed by atoms with E-state index < -0.39 is 17.2 Å². The zero-order valence-corrected chi connectivity index (χ0v) is 32.5. The number of hydrogen-bond donors (Lipinski definition) is 2. The zero-order chi connectivity index (χ0) is 38.7. The van der Waals surface area contributed by atoms with Gasteiger partial charge in [-0.25, -0.2) is 8.78 Å². The number of fused-ring (bicyclic) bond motifs is 3. The van der Waals surface area contributed by atoms with Crippen LogP contribution < -0.4 is 9.64 Å². The Bertz CT molecular complexity index is 2230. The molecule has 2 aromatic heterocycles. The van der Waals surface area contributed by atoms with Gasteiger partial charge in [0, 0.05) is 41.7 Å². The molecule has 11 rings (SSSR count). The van der Waals surface area contributed by atoms with Gasteiger partial charge >= 0.3 is 6.01 Å². The highest BCUT2D eigenvalue weighted by atomic mass is 19.1. The molecule has 7 fully saturated rings. The van der Waals surface area contributed by atoms with Crippen molar-refractivity contribution in [1.82, 2.24) is 19.9 Å². The van der Waals surface area contributed by atoms with Crippen molar-refractivity contribution in [3.8, 4) is 23.0 Å². The van der Waals surface area contributed by atoms with Crippen molar-refractivity contribution in [2.45, 2.75) is 95.0 Å². The number of ether oxygens (including phenoxy) is 4. The van der Waals surface area contributed by atoms with Crippen LogP contribution in [0.25, 0.3) is 32.9 Å². The van der Waals surface area contributed by atoms with E-state index in [1.165, 1.54) is 18.3 Å². The van der Waals surface area contributed by atoms with Gasteiger partial charge in [-0.05, 0) is 99.9 Å². The van der Waals surface area contributed by atoms with Crippen LogP contribution in [-0.4, -0.2) is 112 Å². The number of β-amino-alcohol motifs (C(OH)–C–C–N with tert-alkyl or cyclic N) is 1. The van der Waals surface area contributed by atoms with E-state index in [1.807, 2.05) is 11.8 Å². The largest absolute Gasteiger partial charge is 0.508 e. The second kappa shape index (κ2) is 12.9. The lowest BCUT2D eigenvalue weighted by Crippen LogP contribution is -2.65. The molecule has 56 heavy (non-hydrogen) atoms. The number of phenolic OH excluding ortho intramolecular Hbond substituents is 1. The number of anilines is 1. The molecule has 4 aromatic rings. The molecular weight excluding hydrogens is 720 g/mol. The van der Waals surface area contributed by atoms with Gasteiger partial charge in [-0.2, -0.15) is 9.97 Å². The molecule has 13 heteroatoms. The first-order valence-electron chi connectivity index (χ1n) is 20.4. The summed E-state index contributed by atoms with van der Waals surface area (Å²) in [6, 6.07) is 6.31. The first kappa shape index (κ1) is 36.6. The van der Waals surface area contributed by atoms with E-state index in [0.29, 0.717) is 73.0 Å². The van der Waals surface area contributed by atoms with Crippen molar-refractivity contribution in [3.05, 3.63) is 47.7 Å². The summed E-state index contributed by atoms with van der Waals surface area (Å²) in [5.74, 6) is -0.834. The Morgan fingerprint density at radius 2 is 1.84 bits per heavy atom. The monoisotopic (exact) mass is 771 g/mol. The van der Waals surface area contributed by atoms with Gasteiger partial charge in [-0.3, -0.25) is 9.88 Å². The minimum Gasteiger partial charge on any atom is -0.508 e. The number of pyridine rings is 1. The van der Waals surface area contributed by atoms with Crippen molar-refractivity contribution < 1.29 is 37.9 Å². The van der Waals surface area contributed by atoms with Gasteiger partial charge < -0.3 is 34.1 Å². The smallest absolute Gasteiger partial charge is 0.319 e. The highest BCUT2D eigenvalue weighted by Crippen LogP contribution is 2.69. The number of aliphatic hydroxyl groups is 1. The first-order chi connectivity index (χ1) is 26.9. The second-order valence-electron chi connectivity index (χ2n) is 18.3. The number of nitrogens with zero attached hydrogens (tertiary/aromatic N) is 5. The summed E-state index contributed by atoms with van der Waals surface area (Å²) < 4.78 is 57.2. The summed E-state index contributed by atoms with van der Waals surface area (Å²) in [6.07, 6.45) is 9.36. The second-order valence-corrected chi connectivity index (χ2v) is 18.3. The molecule has 3 atom stereocenters. The predicted octanol–water partition coefficient (Wildman–Crippen LogP) is 6.33. The number of phenols is 1. The van der Waals surface area contributed by atoms with E-state index in [1.54, 1.807) is 19.1 Å². The summed E-state index contributed by atoms with van der Waals surface area (Å²) in [4.78, 5) is 18.9. The molecule has 298 valence electrons. The molecular formula is C43H51F2N5O6. The molecule has 7 aliphatic rings. The lowest BCUT2D eigenvalue weighted by Gasteiger charge is -2.55. The van der Waals surface area contributed by atoms with Crippen LogP contribution in [0.2, 0.25) is 0 Å². The molecule has 7 heterocycles. The average Bonchev–Trinajstić information content (AvgIpc) is 3.72. The highest BCUT2D eigenvalue weighted by Gasteiger charge is 2.76. The molecule has 11 nitrogen and oxygen atoms in total. The maximum Gasteiger partial charge on any atom is 0.319 e. The van der Waals surface area contributed by atoms with Crippen LogP contribution in [0.4, 0.5) is 14.6 Å². The lowest BCUT2D eigenvalue weighted by molar-refractivity contribution is -0.218. The van der Waals surface area contributed by atoms with Crippen molar-refractivity contribution in [2.75, 3.05) is 64.1 Å². The van der Waals surface area contributed by atoms with Crippen molar-refractivity contribution in [3.63, 3.8) is 0 Å². The number of aryl methyl sites for hydroxylation is 1. The molecule has 5 aliphatic heterocycles. The number of aromatic nitrogens is 3. The van der Waals surface area contributed by atoms with Gasteiger partial charge in [-0.1, -0.05) is 19.4 Å². The number of hydrogen-bond acceptors (Lipinski definition) is 11. The molecule has 2 aromatic carbocycles. The molecule has 2 N–H and O–H groups in total. The fraction of sp³-hybridized carbons (Fsp3) is 0.605. The number of benzene rings is 2. The number of rotatable bonds is 8. The standard InChI is InChI=1S/C43H51F2N5O6/c1-4-28-31(44)9-8-26-15-27(51)16-29(33(26)28)35-34(45)36-30(17-46-35)37(50-13-14-53-22-39(2,52)20-50)48-38(47-36)55-23-41-10-5-7-32(41)49(12-6-11-41)21-42-18-40(3,19-42)56-43(42)24-54-25-43/h8-9,15-17,32,51-52H,4-7,10-14,18-25H2,1-3H3. The van der Waals surface area contributed by atoms with Crippen molar-refractivity contribution in [1.29, 1.82) is 0 Å². The van der Waals surface area contributed by atoms with E-state index in [9.17, 15) is 10.2 Å². The summed E-state index contributed by atoms with van der Waals surface area (Å²) in [5.41, 5.74) is -0.754. The molecule has 0 radical (unpaired) electrons. The van der Waals surface area contributed by atoms with Gasteiger partial charge in [0.2, 0.25) is 0 Å². The zero-order valence-electron chi connectivity index (χ0n) is 32.5. The maximum absolute atomic E-state index is 17.2. The van der Waals surface area contributed by atoms with E-state index in [2.05, 4.69) is 16.8 Å². The summed E-state index contributed by atoms with van der Waals surface area (Å²) in [6.45, 7) is 10.7. The quantitative estimate of drug-likeness (QED) is 0.209. The van der Waals surface area contributed by atoms with E-state index in [4.69, 9.17) is 28.9 Å². The number of aromatic hydroxyl groups is 1. The van der Waals surface area contributed by atoms with Crippen LogP contribution >= 0.6 is 0 Å². The Balaban J connectivity index is 1.02. The summed E-state index contributed by atoms with van der Waals surface area (Å²) in [7, 11) is 0. The van der Waals surface area contributed by atoms with Gasteiger partial charge in [0.05, 0.1) is 50.6 Å². The van der Waals surface area contributed by atoms with E-state index in [-0.39, 0.29) is 63.7 Å². The minimum atomic E-state index is -1.19. The number of likely N-dealkylation sites (tertiary alicyclic amines) is 1. The Kier molecular flexibility index (Phi) is 8.41. The fourth-order valence-electron chi connectivity index (χ4n) is 11.8. The Labute approximate surface area is 325 Å². The topological polar surface area (TPSA) is 123 Å². The van der Waals surface area contributed by atoms with Crippen molar-refractivity contribution >= 4 is 27.5 Å². The third-order valence-electron chi connectivity index (χ3n) is 14.1. The Morgan fingerprint density at radius 3 is 2.62 bits per heavy atom. The maximum atomic E-state index is 17.2. The number of halogens is 2. The van der Waals surface area contributed by atoms with Crippen LogP contribution in [0.1, 0.15) is 71.3 Å². The van der Waals surface area contributed by atoms with Crippen LogP contribution in [0.5, 0.6) is 11.8 Å². The van der Waals surface area contributed by atoms with Gasteiger partial charge in [0.1, 0.15) is 39.8 Å². The Hall–Kier alpha value is -3.75. The van der Waals surface area contributed by atoms with Crippen LogP contribution in [-0.2, 0) is 20.6 Å². The Morgan fingerprint density at radius 1 is 1.02 bits per heavy atom. The summed E-state index contributed by atoms with van der Waals surface area (Å²) in [5, 5.41) is 23.3. The molecule has 3 unspecified atom stereocenters. The fourth-order valence-corrected chi connectivity index (χ4v) is 11.8. The van der Waals surface area contributed by atoms with E-state index >= 15 is 8.78 Å². The molecule has 2 saturated carbocycles. The minimum absolute atomic E-state index is 0.00197. The van der Waals surface area contributed by atoms with Gasteiger partial charge in [0.25, 0.3) is 0 Å². The molecule has 1 spiro atoms. The molecule has 5 saturated heterocycles. The molecule has 2 aliphatic carbocycles. The van der Waals surface area contributed by atoms with Crippen molar-refractivity contribution in [2.24, 2.45) is 10.8 Å².